The van der Waals surface area contributed by atoms with Crippen molar-refractivity contribution in [3.63, 3.8) is 0 Å². The number of anilines is 1. The number of aryl methyl sites for hydroxylation is 1. The Kier molecular flexibility index (Phi) is 5.39. The zero-order chi connectivity index (χ0) is 21.1. The number of fused-ring (bicyclic) bond motifs is 1. The van der Waals surface area contributed by atoms with Gasteiger partial charge in [-0.1, -0.05) is 24.3 Å². The van der Waals surface area contributed by atoms with Gasteiger partial charge in [-0.25, -0.2) is 9.97 Å². The highest BCUT2D eigenvalue weighted by Gasteiger charge is 2.25. The van der Waals surface area contributed by atoms with E-state index in [9.17, 15) is 5.11 Å². The van der Waals surface area contributed by atoms with Gasteiger partial charge in [0.2, 0.25) is 0 Å². The molecule has 0 spiro atoms. The maximum absolute atomic E-state index is 11.1. The summed E-state index contributed by atoms with van der Waals surface area (Å²) >= 11 is 0. The molecule has 0 radical (unpaired) electrons. The first-order chi connectivity index (χ1) is 14.6. The summed E-state index contributed by atoms with van der Waals surface area (Å²) in [6, 6.07) is 19.0. The van der Waals surface area contributed by atoms with Crippen molar-refractivity contribution in [1.82, 2.24) is 4.98 Å². The van der Waals surface area contributed by atoms with E-state index in [0.29, 0.717) is 22.6 Å². The van der Waals surface area contributed by atoms with Gasteiger partial charge < -0.3 is 14.6 Å². The van der Waals surface area contributed by atoms with Crippen LogP contribution in [0.4, 0.5) is 5.82 Å². The van der Waals surface area contributed by atoms with Gasteiger partial charge in [-0.05, 0) is 37.3 Å². The summed E-state index contributed by atoms with van der Waals surface area (Å²) in [6.45, 7) is 1.91. The Balaban J connectivity index is 1.88. The second kappa shape index (κ2) is 8.29. The largest absolute Gasteiger partial charge is 0.505 e. The summed E-state index contributed by atoms with van der Waals surface area (Å²) < 4.78 is 10.9. The van der Waals surface area contributed by atoms with E-state index in [2.05, 4.69) is 15.3 Å². The fourth-order valence-electron chi connectivity index (χ4n) is 3.53. The standard InChI is InChI=1S/C24H23N3O3/c1-15-7-8-16-9-11-18(24(28)23(16)26-15)22(27-21-6-4-5-13-25-21)17-10-12-19(29-2)20(14-17)30-3/h4-14,22,28H,1-3H3,(H,25,27)/p+1/t22-/m0/s1. The Morgan fingerprint density at radius 1 is 0.967 bits per heavy atom. The first kappa shape index (κ1) is 19.5. The number of hydrogen-bond acceptors (Lipinski definition) is 5. The molecule has 0 aliphatic heterocycles. The lowest BCUT2D eigenvalue weighted by Crippen LogP contribution is -2.19. The number of phenols is 1. The summed E-state index contributed by atoms with van der Waals surface area (Å²) in [6.07, 6.45) is 1.85. The van der Waals surface area contributed by atoms with Crippen molar-refractivity contribution >= 4 is 16.7 Å². The minimum Gasteiger partial charge on any atom is -0.505 e. The zero-order valence-electron chi connectivity index (χ0n) is 17.1. The number of aromatic nitrogens is 2. The van der Waals surface area contributed by atoms with Gasteiger partial charge in [0.15, 0.2) is 11.5 Å². The molecular weight excluding hydrogens is 378 g/mol. The molecule has 0 saturated carbocycles. The van der Waals surface area contributed by atoms with Crippen molar-refractivity contribution in [2.24, 2.45) is 0 Å². The average molecular weight is 402 g/mol. The predicted octanol–water partition coefficient (Wildman–Crippen LogP) is 4.28. The van der Waals surface area contributed by atoms with Crippen molar-refractivity contribution in [2.75, 3.05) is 19.5 Å². The van der Waals surface area contributed by atoms with Crippen LogP contribution in [-0.2, 0) is 0 Å². The molecule has 2 aromatic carbocycles. The van der Waals surface area contributed by atoms with Crippen LogP contribution >= 0.6 is 0 Å². The molecule has 30 heavy (non-hydrogen) atoms. The van der Waals surface area contributed by atoms with Crippen LogP contribution < -0.4 is 19.8 Å². The summed E-state index contributed by atoms with van der Waals surface area (Å²) in [7, 11) is 3.21. The van der Waals surface area contributed by atoms with Gasteiger partial charge in [0.1, 0.15) is 17.3 Å². The molecule has 0 fully saturated rings. The van der Waals surface area contributed by atoms with E-state index in [1.54, 1.807) is 14.2 Å². The molecule has 6 nitrogen and oxygen atoms in total. The monoisotopic (exact) mass is 402 g/mol. The molecule has 0 unspecified atom stereocenters. The highest BCUT2D eigenvalue weighted by Crippen LogP contribution is 2.38. The molecule has 0 amide bonds. The quantitative estimate of drug-likeness (QED) is 0.503. The van der Waals surface area contributed by atoms with E-state index in [-0.39, 0.29) is 11.8 Å². The molecule has 0 aliphatic rings. The highest BCUT2D eigenvalue weighted by molar-refractivity contribution is 5.86. The van der Waals surface area contributed by atoms with E-state index < -0.39 is 0 Å². The van der Waals surface area contributed by atoms with Gasteiger partial charge >= 0.3 is 0 Å². The second-order valence-corrected chi connectivity index (χ2v) is 7.00. The van der Waals surface area contributed by atoms with Crippen molar-refractivity contribution in [2.45, 2.75) is 13.0 Å². The first-order valence-electron chi connectivity index (χ1n) is 9.65. The normalized spacial score (nSPS) is 11.8. The highest BCUT2D eigenvalue weighted by atomic mass is 16.5. The van der Waals surface area contributed by atoms with Gasteiger partial charge in [0.25, 0.3) is 5.82 Å². The average Bonchev–Trinajstić information content (AvgIpc) is 2.78. The summed E-state index contributed by atoms with van der Waals surface area (Å²) in [4.78, 5) is 7.74. The van der Waals surface area contributed by atoms with Gasteiger partial charge in [-0.15, -0.1) is 0 Å². The van der Waals surface area contributed by atoms with E-state index in [1.165, 1.54) is 0 Å². The van der Waals surface area contributed by atoms with E-state index in [4.69, 9.17) is 9.47 Å². The van der Waals surface area contributed by atoms with Gasteiger partial charge in [0, 0.05) is 28.3 Å². The summed E-state index contributed by atoms with van der Waals surface area (Å²) in [5.74, 6) is 2.23. The lowest BCUT2D eigenvalue weighted by atomic mass is 9.95. The summed E-state index contributed by atoms with van der Waals surface area (Å²) in [5.41, 5.74) is 3.05. The van der Waals surface area contributed by atoms with Gasteiger partial charge in [0.05, 0.1) is 20.4 Å². The molecule has 2 aromatic heterocycles. The van der Waals surface area contributed by atoms with Crippen LogP contribution in [0, 0.1) is 6.92 Å². The second-order valence-electron chi connectivity index (χ2n) is 7.00. The number of nitrogens with zero attached hydrogens (tertiary/aromatic N) is 1. The van der Waals surface area contributed by atoms with E-state index in [1.807, 2.05) is 73.8 Å². The third-order valence-corrected chi connectivity index (χ3v) is 5.07. The predicted molar refractivity (Wildman–Crippen MR) is 116 cm³/mol. The molecule has 1 atom stereocenters. The third kappa shape index (κ3) is 3.72. The molecular formula is C24H24N3O3+. The Hall–Kier alpha value is -3.80. The molecule has 0 saturated heterocycles. The van der Waals surface area contributed by atoms with Crippen LogP contribution in [0.2, 0.25) is 0 Å². The van der Waals surface area contributed by atoms with Crippen LogP contribution in [0.3, 0.4) is 0 Å². The van der Waals surface area contributed by atoms with Crippen molar-refractivity contribution < 1.29 is 19.6 Å². The SMILES string of the molecule is COc1ccc([C@H](Nc2cccc[nH+]2)c2ccc3ccc(C)nc3c2O)cc1OC. The number of H-pyrrole nitrogens is 1. The Bertz CT molecular complexity index is 1180. The van der Waals surface area contributed by atoms with Crippen LogP contribution in [0.5, 0.6) is 17.2 Å². The first-order valence-corrected chi connectivity index (χ1v) is 9.65. The molecule has 2 heterocycles. The fraction of sp³-hybridized carbons (Fsp3) is 0.167. The van der Waals surface area contributed by atoms with Gasteiger partial charge in [-0.3, -0.25) is 5.32 Å². The Morgan fingerprint density at radius 2 is 1.77 bits per heavy atom. The number of benzene rings is 2. The fourth-order valence-corrected chi connectivity index (χ4v) is 3.53. The minimum atomic E-state index is -0.352. The summed E-state index contributed by atoms with van der Waals surface area (Å²) in [5, 5.41) is 15.5. The number of phenolic OH excluding ortho intramolecular Hbond substituents is 1. The number of pyridine rings is 2. The van der Waals surface area contributed by atoms with Crippen molar-refractivity contribution in [3.05, 3.63) is 83.7 Å². The number of aromatic amines is 1. The Labute approximate surface area is 175 Å². The van der Waals surface area contributed by atoms with Crippen molar-refractivity contribution in [3.8, 4) is 17.2 Å². The topological polar surface area (TPSA) is 77.8 Å². The molecule has 4 aromatic rings. The van der Waals surface area contributed by atoms with Gasteiger partial charge in [-0.2, -0.15) is 0 Å². The lowest BCUT2D eigenvalue weighted by Gasteiger charge is -2.19. The smallest absolute Gasteiger partial charge is 0.272 e. The zero-order valence-corrected chi connectivity index (χ0v) is 17.1. The van der Waals surface area contributed by atoms with E-state index >= 15 is 0 Å². The number of nitrogens with one attached hydrogen (secondary N) is 2. The van der Waals surface area contributed by atoms with Crippen LogP contribution in [0.1, 0.15) is 22.9 Å². The number of aromatic hydroxyl groups is 1. The Morgan fingerprint density at radius 3 is 2.50 bits per heavy atom. The molecule has 152 valence electrons. The molecule has 4 rings (SSSR count). The number of ether oxygens (including phenoxy) is 2. The molecule has 0 bridgehead atoms. The number of methoxy groups -OCH3 is 2. The maximum atomic E-state index is 11.1. The van der Waals surface area contributed by atoms with Crippen LogP contribution in [-0.4, -0.2) is 24.3 Å². The molecule has 0 aliphatic carbocycles. The molecule has 3 N–H and O–H groups in total. The lowest BCUT2D eigenvalue weighted by molar-refractivity contribution is -0.361. The van der Waals surface area contributed by atoms with Crippen molar-refractivity contribution in [1.29, 1.82) is 0 Å². The van der Waals surface area contributed by atoms with Crippen LogP contribution in [0.15, 0.2) is 66.9 Å². The number of hydrogen-bond donors (Lipinski definition) is 2. The third-order valence-electron chi connectivity index (χ3n) is 5.07. The van der Waals surface area contributed by atoms with E-state index in [0.717, 1.165) is 22.5 Å². The minimum absolute atomic E-state index is 0.152. The van der Waals surface area contributed by atoms with Crippen LogP contribution in [0.25, 0.3) is 10.9 Å². The number of rotatable bonds is 6. The maximum Gasteiger partial charge on any atom is 0.272 e. The molecule has 6 heteroatoms.